The molecule has 1 aliphatic heterocycles. The fraction of sp³-hybridized carbons (Fsp3) is 0.636. The zero-order chi connectivity index (χ0) is 12.6. The first-order valence-electron chi connectivity index (χ1n) is 5.62. The molecule has 0 radical (unpaired) electrons. The molecule has 6 nitrogen and oxygen atoms in total. The molecule has 6 heteroatoms. The smallest absolute Gasteiger partial charge is 0.349 e. The highest BCUT2D eigenvalue weighted by molar-refractivity contribution is 4.98. The lowest BCUT2D eigenvalue weighted by molar-refractivity contribution is -0.0404. The maximum absolute atomic E-state index is 11.7. The van der Waals surface area contributed by atoms with Crippen LogP contribution in [0.25, 0.3) is 0 Å². The van der Waals surface area contributed by atoms with Crippen molar-refractivity contribution in [2.24, 2.45) is 0 Å². The predicted molar refractivity (Wildman–Crippen MR) is 59.4 cm³/mol. The Morgan fingerprint density at radius 2 is 2.18 bits per heavy atom. The van der Waals surface area contributed by atoms with Crippen LogP contribution in [0.4, 0.5) is 0 Å². The van der Waals surface area contributed by atoms with Crippen molar-refractivity contribution in [1.82, 2.24) is 9.55 Å². The predicted octanol–water partition coefficient (Wildman–Crippen LogP) is -0.419. The molecule has 2 N–H and O–H groups in total. The van der Waals surface area contributed by atoms with Gasteiger partial charge < -0.3 is 14.9 Å². The first-order chi connectivity index (χ1) is 8.04. The molecule has 0 aliphatic carbocycles. The summed E-state index contributed by atoms with van der Waals surface area (Å²) in [6, 6.07) is 1.66. The van der Waals surface area contributed by atoms with Gasteiger partial charge in [-0.15, -0.1) is 0 Å². The van der Waals surface area contributed by atoms with E-state index in [1.165, 1.54) is 10.8 Å². The number of aliphatic hydroxyl groups is 2. The van der Waals surface area contributed by atoms with Crippen LogP contribution in [0, 0.1) is 6.92 Å². The Kier molecular flexibility index (Phi) is 3.28. The minimum absolute atomic E-state index is 0.455. The standard InChI is InChI=1S/C11H16N2O4/c1-3-7-8(14)9(15)10(17-7)13-5-4-6(2)12-11(13)16/h4-5,7-10,14-15H,3H2,1-2H3/t7-,8?,9+,10-/m1/s1. The molecule has 1 unspecified atom stereocenters. The number of aromatic nitrogens is 2. The van der Waals surface area contributed by atoms with E-state index in [-0.39, 0.29) is 0 Å². The van der Waals surface area contributed by atoms with Crippen LogP contribution in [0.1, 0.15) is 25.3 Å². The summed E-state index contributed by atoms with van der Waals surface area (Å²) >= 11 is 0. The van der Waals surface area contributed by atoms with Crippen molar-refractivity contribution in [2.45, 2.75) is 44.8 Å². The molecule has 1 aliphatic rings. The van der Waals surface area contributed by atoms with Crippen LogP contribution < -0.4 is 5.69 Å². The number of nitrogens with zero attached hydrogens (tertiary/aromatic N) is 2. The van der Waals surface area contributed by atoms with Crippen LogP contribution in [-0.2, 0) is 4.74 Å². The number of aliphatic hydroxyl groups excluding tert-OH is 2. The van der Waals surface area contributed by atoms with Crippen LogP contribution in [0.5, 0.6) is 0 Å². The van der Waals surface area contributed by atoms with Gasteiger partial charge in [0.25, 0.3) is 0 Å². The third kappa shape index (κ3) is 2.11. The summed E-state index contributed by atoms with van der Waals surface area (Å²) in [6.45, 7) is 3.56. The summed E-state index contributed by atoms with van der Waals surface area (Å²) in [5.41, 5.74) is 0.115. The molecule has 0 bridgehead atoms. The van der Waals surface area contributed by atoms with Gasteiger partial charge in [0.15, 0.2) is 6.23 Å². The van der Waals surface area contributed by atoms with Crippen molar-refractivity contribution in [3.63, 3.8) is 0 Å². The van der Waals surface area contributed by atoms with E-state index < -0.39 is 30.2 Å². The molecule has 17 heavy (non-hydrogen) atoms. The Morgan fingerprint density at radius 1 is 1.47 bits per heavy atom. The normalized spacial score (nSPS) is 32.9. The summed E-state index contributed by atoms with van der Waals surface area (Å²) in [4.78, 5) is 15.4. The summed E-state index contributed by atoms with van der Waals surface area (Å²) in [5, 5.41) is 19.6. The van der Waals surface area contributed by atoms with Crippen molar-refractivity contribution in [1.29, 1.82) is 0 Å². The van der Waals surface area contributed by atoms with Gasteiger partial charge in [-0.05, 0) is 19.4 Å². The second-order valence-electron chi connectivity index (χ2n) is 4.21. The van der Waals surface area contributed by atoms with Gasteiger partial charge in [-0.2, -0.15) is 4.98 Å². The molecule has 0 amide bonds. The molecule has 94 valence electrons. The van der Waals surface area contributed by atoms with Crippen molar-refractivity contribution in [3.8, 4) is 0 Å². The monoisotopic (exact) mass is 240 g/mol. The number of rotatable bonds is 2. The van der Waals surface area contributed by atoms with Gasteiger partial charge in [-0.3, -0.25) is 4.57 Å². The van der Waals surface area contributed by atoms with Crippen molar-refractivity contribution >= 4 is 0 Å². The lowest BCUT2D eigenvalue weighted by Crippen LogP contribution is -2.35. The summed E-state index contributed by atoms with van der Waals surface area (Å²) < 4.78 is 6.67. The topological polar surface area (TPSA) is 84.6 Å². The maximum atomic E-state index is 11.7. The molecule has 0 spiro atoms. The second-order valence-corrected chi connectivity index (χ2v) is 4.21. The van der Waals surface area contributed by atoms with Gasteiger partial charge in [-0.1, -0.05) is 6.92 Å². The van der Waals surface area contributed by atoms with Gasteiger partial charge in [0.05, 0.1) is 6.10 Å². The van der Waals surface area contributed by atoms with Gasteiger partial charge in [0, 0.05) is 11.9 Å². The van der Waals surface area contributed by atoms with Crippen LogP contribution in [0.2, 0.25) is 0 Å². The highest BCUT2D eigenvalue weighted by Crippen LogP contribution is 2.29. The van der Waals surface area contributed by atoms with Gasteiger partial charge in [0.2, 0.25) is 0 Å². The number of aryl methyl sites for hydroxylation is 1. The van der Waals surface area contributed by atoms with E-state index >= 15 is 0 Å². The molecule has 0 saturated carbocycles. The average molecular weight is 240 g/mol. The SMILES string of the molecule is CC[C@H]1O[C@@H](n2ccc(C)nc2=O)[C@@H](O)C1O. The van der Waals surface area contributed by atoms with Gasteiger partial charge in [-0.25, -0.2) is 4.79 Å². The highest BCUT2D eigenvalue weighted by atomic mass is 16.6. The first kappa shape index (κ1) is 12.2. The zero-order valence-corrected chi connectivity index (χ0v) is 9.78. The quantitative estimate of drug-likeness (QED) is 0.733. The third-order valence-electron chi connectivity index (χ3n) is 2.98. The minimum atomic E-state index is -1.11. The summed E-state index contributed by atoms with van der Waals surface area (Å²) in [7, 11) is 0. The Morgan fingerprint density at radius 3 is 2.71 bits per heavy atom. The molecule has 1 aromatic rings. The molecular weight excluding hydrogens is 224 g/mol. The van der Waals surface area contributed by atoms with Gasteiger partial charge >= 0.3 is 5.69 Å². The highest BCUT2D eigenvalue weighted by Gasteiger charge is 2.43. The molecule has 4 atom stereocenters. The van der Waals surface area contributed by atoms with E-state index in [9.17, 15) is 15.0 Å². The molecule has 0 aromatic carbocycles. The van der Waals surface area contributed by atoms with E-state index in [1.54, 1.807) is 13.0 Å². The van der Waals surface area contributed by atoms with Crippen molar-refractivity contribution in [2.75, 3.05) is 0 Å². The van der Waals surface area contributed by atoms with Crippen LogP contribution in [0.3, 0.4) is 0 Å². The molecule has 2 rings (SSSR count). The second kappa shape index (κ2) is 4.56. The Labute approximate surface area is 98.5 Å². The Bertz CT molecular complexity index is 459. The maximum Gasteiger partial charge on any atom is 0.349 e. The lowest BCUT2D eigenvalue weighted by Gasteiger charge is -2.16. The van der Waals surface area contributed by atoms with Crippen LogP contribution >= 0.6 is 0 Å². The minimum Gasteiger partial charge on any atom is -0.388 e. The lowest BCUT2D eigenvalue weighted by atomic mass is 10.1. The Balaban J connectivity index is 2.32. The molecule has 1 aromatic heterocycles. The largest absolute Gasteiger partial charge is 0.388 e. The third-order valence-corrected chi connectivity index (χ3v) is 2.98. The van der Waals surface area contributed by atoms with Crippen molar-refractivity contribution in [3.05, 3.63) is 28.4 Å². The first-order valence-corrected chi connectivity index (χ1v) is 5.62. The average Bonchev–Trinajstić information content (AvgIpc) is 2.57. The van der Waals surface area contributed by atoms with Gasteiger partial charge in [0.1, 0.15) is 12.2 Å². The number of hydrogen-bond acceptors (Lipinski definition) is 5. The summed E-state index contributed by atoms with van der Waals surface area (Å²) in [5.74, 6) is 0. The van der Waals surface area contributed by atoms with E-state index in [4.69, 9.17) is 4.74 Å². The fourth-order valence-corrected chi connectivity index (χ4v) is 1.99. The molecular formula is C11H16N2O4. The van der Waals surface area contributed by atoms with Crippen molar-refractivity contribution < 1.29 is 14.9 Å². The number of ether oxygens (including phenoxy) is 1. The van der Waals surface area contributed by atoms with Crippen LogP contribution in [-0.4, -0.2) is 38.1 Å². The van der Waals surface area contributed by atoms with E-state index in [0.29, 0.717) is 12.1 Å². The zero-order valence-electron chi connectivity index (χ0n) is 9.78. The van der Waals surface area contributed by atoms with E-state index in [0.717, 1.165) is 0 Å². The van der Waals surface area contributed by atoms with E-state index in [1.807, 2.05) is 6.92 Å². The molecule has 2 heterocycles. The molecule has 1 fully saturated rings. The number of hydrogen-bond donors (Lipinski definition) is 2. The summed E-state index contributed by atoms with van der Waals surface area (Å²) in [6.07, 6.45) is -1.31. The van der Waals surface area contributed by atoms with Crippen LogP contribution in [0.15, 0.2) is 17.1 Å². The Hall–Kier alpha value is -1.24. The molecule has 1 saturated heterocycles. The van der Waals surface area contributed by atoms with E-state index in [2.05, 4.69) is 4.98 Å². The fourth-order valence-electron chi connectivity index (χ4n) is 1.99.